The monoisotopic (exact) mass is 342 g/mol. The zero-order chi connectivity index (χ0) is 15.6. The second kappa shape index (κ2) is 6.68. The molecule has 5 nitrogen and oxygen atoms in total. The van der Waals surface area contributed by atoms with Gasteiger partial charge in [-0.15, -0.1) is 11.3 Å². The lowest BCUT2D eigenvalue weighted by atomic mass is 9.97. The van der Waals surface area contributed by atoms with Crippen LogP contribution in [0.15, 0.2) is 21.7 Å². The third-order valence-corrected chi connectivity index (χ3v) is 7.89. The predicted octanol–water partition coefficient (Wildman–Crippen LogP) is 2.21. The van der Waals surface area contributed by atoms with E-state index in [0.29, 0.717) is 36.2 Å². The highest BCUT2D eigenvalue weighted by Crippen LogP contribution is 2.27. The van der Waals surface area contributed by atoms with E-state index in [-0.39, 0.29) is 11.8 Å². The Bertz CT molecular complexity index is 599. The minimum Gasteiger partial charge on any atom is -0.353 e. The molecule has 1 aliphatic carbocycles. The molecule has 0 aromatic carbocycles. The summed E-state index contributed by atoms with van der Waals surface area (Å²) in [4.78, 5) is 12.3. The van der Waals surface area contributed by atoms with Gasteiger partial charge in [0.2, 0.25) is 5.91 Å². The Balaban J connectivity index is 1.55. The van der Waals surface area contributed by atoms with Crippen LogP contribution in [0, 0.1) is 5.92 Å². The molecule has 2 fully saturated rings. The zero-order valence-electron chi connectivity index (χ0n) is 12.5. The van der Waals surface area contributed by atoms with Gasteiger partial charge in [-0.05, 0) is 37.1 Å². The summed E-state index contributed by atoms with van der Waals surface area (Å²) in [7, 11) is -3.37. The number of carbonyl (C=O) groups excluding carboxylic acids is 1. The summed E-state index contributed by atoms with van der Waals surface area (Å²) in [6.07, 6.45) is 5.78. The van der Waals surface area contributed by atoms with Gasteiger partial charge in [-0.1, -0.05) is 18.9 Å². The number of carbonyl (C=O) groups is 1. The van der Waals surface area contributed by atoms with E-state index in [1.807, 2.05) is 0 Å². The van der Waals surface area contributed by atoms with Crippen LogP contribution in [0.25, 0.3) is 0 Å². The van der Waals surface area contributed by atoms with Crippen LogP contribution in [0.3, 0.4) is 0 Å². The third-order valence-electron chi connectivity index (χ3n) is 4.62. The summed E-state index contributed by atoms with van der Waals surface area (Å²) < 4.78 is 26.8. The average Bonchev–Trinajstić information content (AvgIpc) is 3.21. The summed E-state index contributed by atoms with van der Waals surface area (Å²) >= 11 is 1.24. The van der Waals surface area contributed by atoms with Gasteiger partial charge in [-0.2, -0.15) is 4.31 Å². The number of sulfonamides is 1. The van der Waals surface area contributed by atoms with Crippen LogP contribution < -0.4 is 5.32 Å². The fraction of sp³-hybridized carbons (Fsp3) is 0.667. The number of amides is 1. The van der Waals surface area contributed by atoms with Crippen molar-refractivity contribution in [2.45, 2.75) is 48.8 Å². The van der Waals surface area contributed by atoms with Gasteiger partial charge in [0.05, 0.1) is 0 Å². The molecule has 0 spiro atoms. The minimum absolute atomic E-state index is 0.0459. The summed E-state index contributed by atoms with van der Waals surface area (Å²) in [5.41, 5.74) is 0. The van der Waals surface area contributed by atoms with Crippen LogP contribution in [0.2, 0.25) is 0 Å². The normalized spacial score (nSPS) is 22.0. The summed E-state index contributed by atoms with van der Waals surface area (Å²) in [5.74, 6) is 0.0652. The number of nitrogens with zero attached hydrogens (tertiary/aromatic N) is 1. The smallest absolute Gasteiger partial charge is 0.252 e. The first-order valence-corrected chi connectivity index (χ1v) is 10.2. The maximum Gasteiger partial charge on any atom is 0.252 e. The number of hydrogen-bond acceptors (Lipinski definition) is 4. The van der Waals surface area contributed by atoms with E-state index in [4.69, 9.17) is 0 Å². The van der Waals surface area contributed by atoms with Crippen LogP contribution in [0.4, 0.5) is 0 Å². The Hall–Kier alpha value is -0.920. The van der Waals surface area contributed by atoms with E-state index in [1.54, 1.807) is 17.5 Å². The largest absolute Gasteiger partial charge is 0.353 e. The Morgan fingerprint density at radius 2 is 1.86 bits per heavy atom. The van der Waals surface area contributed by atoms with Crippen molar-refractivity contribution >= 4 is 27.3 Å². The molecule has 22 heavy (non-hydrogen) atoms. The van der Waals surface area contributed by atoms with E-state index in [0.717, 1.165) is 12.8 Å². The van der Waals surface area contributed by atoms with E-state index >= 15 is 0 Å². The van der Waals surface area contributed by atoms with Crippen molar-refractivity contribution in [2.75, 3.05) is 13.1 Å². The van der Waals surface area contributed by atoms with Gasteiger partial charge >= 0.3 is 0 Å². The molecule has 1 saturated heterocycles. The third kappa shape index (κ3) is 3.36. The van der Waals surface area contributed by atoms with Gasteiger partial charge in [0, 0.05) is 25.0 Å². The molecule has 0 radical (unpaired) electrons. The molecule has 122 valence electrons. The molecule has 1 amide bonds. The molecule has 0 bridgehead atoms. The van der Waals surface area contributed by atoms with Gasteiger partial charge in [0.25, 0.3) is 10.0 Å². The van der Waals surface area contributed by atoms with E-state index in [9.17, 15) is 13.2 Å². The summed E-state index contributed by atoms with van der Waals surface area (Å²) in [5, 5.41) is 4.90. The molecule has 1 N–H and O–H groups in total. The number of hydrogen-bond donors (Lipinski definition) is 1. The molecule has 2 heterocycles. The predicted molar refractivity (Wildman–Crippen MR) is 86.2 cm³/mol. The fourth-order valence-electron chi connectivity index (χ4n) is 3.29. The highest BCUT2D eigenvalue weighted by atomic mass is 32.2. The van der Waals surface area contributed by atoms with E-state index in [2.05, 4.69) is 5.32 Å². The van der Waals surface area contributed by atoms with Gasteiger partial charge in [0.1, 0.15) is 4.21 Å². The Morgan fingerprint density at radius 1 is 1.18 bits per heavy atom. The van der Waals surface area contributed by atoms with Crippen molar-refractivity contribution in [2.24, 2.45) is 5.92 Å². The molecule has 2 aliphatic rings. The minimum atomic E-state index is -3.37. The molecule has 1 aromatic heterocycles. The molecule has 1 aliphatic heterocycles. The molecule has 0 atom stereocenters. The van der Waals surface area contributed by atoms with Crippen molar-refractivity contribution in [3.63, 3.8) is 0 Å². The van der Waals surface area contributed by atoms with Crippen LogP contribution in [-0.2, 0) is 14.8 Å². The van der Waals surface area contributed by atoms with Crippen LogP contribution in [-0.4, -0.2) is 37.8 Å². The van der Waals surface area contributed by atoms with Crippen LogP contribution in [0.5, 0.6) is 0 Å². The quantitative estimate of drug-likeness (QED) is 0.912. The van der Waals surface area contributed by atoms with Crippen molar-refractivity contribution < 1.29 is 13.2 Å². The molecular formula is C15H22N2O3S2. The van der Waals surface area contributed by atoms with Gasteiger partial charge in [0.15, 0.2) is 0 Å². The van der Waals surface area contributed by atoms with Crippen molar-refractivity contribution in [3.8, 4) is 0 Å². The second-order valence-corrected chi connectivity index (χ2v) is 9.21. The molecule has 0 unspecified atom stereocenters. The van der Waals surface area contributed by atoms with Gasteiger partial charge in [-0.3, -0.25) is 4.79 Å². The van der Waals surface area contributed by atoms with Gasteiger partial charge in [-0.25, -0.2) is 8.42 Å². The molecule has 3 rings (SSSR count). The first-order chi connectivity index (χ1) is 10.6. The van der Waals surface area contributed by atoms with Crippen LogP contribution in [0.1, 0.15) is 38.5 Å². The molecule has 7 heteroatoms. The highest BCUT2D eigenvalue weighted by molar-refractivity contribution is 7.91. The maximum absolute atomic E-state index is 12.4. The Kier molecular flexibility index (Phi) is 4.84. The van der Waals surface area contributed by atoms with Crippen LogP contribution >= 0.6 is 11.3 Å². The first-order valence-electron chi connectivity index (χ1n) is 7.91. The van der Waals surface area contributed by atoms with Crippen molar-refractivity contribution in [1.82, 2.24) is 9.62 Å². The number of nitrogens with one attached hydrogen (secondary N) is 1. The Morgan fingerprint density at radius 3 is 2.45 bits per heavy atom. The summed E-state index contributed by atoms with van der Waals surface area (Å²) in [6, 6.07) is 3.72. The average molecular weight is 342 g/mol. The molecule has 1 saturated carbocycles. The van der Waals surface area contributed by atoms with Crippen molar-refractivity contribution in [1.29, 1.82) is 0 Å². The van der Waals surface area contributed by atoms with E-state index in [1.165, 1.54) is 28.5 Å². The van der Waals surface area contributed by atoms with Crippen molar-refractivity contribution in [3.05, 3.63) is 17.5 Å². The zero-order valence-corrected chi connectivity index (χ0v) is 14.2. The first kappa shape index (κ1) is 16.0. The number of rotatable bonds is 4. The second-order valence-electron chi connectivity index (χ2n) is 6.10. The standard InChI is InChI=1S/C15H22N2O3S2/c18-15(16-13-4-1-2-5-13)12-7-9-17(10-8-12)22(19,20)14-6-3-11-21-14/h3,6,11-13H,1-2,4-5,7-10H2,(H,16,18). The topological polar surface area (TPSA) is 66.5 Å². The SMILES string of the molecule is O=C(NC1CCCC1)C1CCN(S(=O)(=O)c2cccs2)CC1. The van der Waals surface area contributed by atoms with Gasteiger partial charge < -0.3 is 5.32 Å². The lowest BCUT2D eigenvalue weighted by Gasteiger charge is -2.30. The highest BCUT2D eigenvalue weighted by Gasteiger charge is 2.33. The fourth-order valence-corrected chi connectivity index (χ4v) is 5.90. The van der Waals surface area contributed by atoms with E-state index < -0.39 is 10.0 Å². The lowest BCUT2D eigenvalue weighted by Crippen LogP contribution is -2.44. The molecule has 1 aromatic rings. The summed E-state index contributed by atoms with van der Waals surface area (Å²) in [6.45, 7) is 0.867. The maximum atomic E-state index is 12.4. The number of thiophene rings is 1. The lowest BCUT2D eigenvalue weighted by molar-refractivity contribution is -0.126. The molecular weight excluding hydrogens is 320 g/mol. The Labute approximate surface area is 135 Å². The number of piperidine rings is 1.